The molecule has 2 aromatic carbocycles. The quantitative estimate of drug-likeness (QED) is 0.162. The molecule has 50 heavy (non-hydrogen) atoms. The first-order valence-electron chi connectivity index (χ1n) is 17.1. The minimum absolute atomic E-state index is 0.000800. The Morgan fingerprint density at radius 2 is 1.26 bits per heavy atom. The molecule has 3 amide bonds. The molecule has 0 fully saturated rings. The normalized spacial score (nSPS) is 13.6. The van der Waals surface area contributed by atoms with Gasteiger partial charge >= 0.3 is 12.1 Å². The lowest BCUT2D eigenvalue weighted by Gasteiger charge is -2.27. The fraction of sp³-hybridized carbons (Fsp3) is 0.541. The predicted octanol–water partition coefficient (Wildman–Crippen LogP) is 5.34. The molecule has 1 heterocycles. The highest BCUT2D eigenvalue weighted by atomic mass is 19.4. The van der Waals surface area contributed by atoms with Crippen molar-refractivity contribution in [2.45, 2.75) is 51.2 Å². The first-order valence-corrected chi connectivity index (χ1v) is 17.1. The SMILES string of the molecule is CN(CCCCCC(=O)N1Cc2ccccc2C2=C(C2)c2ccccc21)C(=O)CCOCCOCCOCCOCCN(C)C(=O)C(F)(F)F. The Hall–Kier alpha value is -3.78. The molecule has 1 aliphatic heterocycles. The van der Waals surface area contributed by atoms with Crippen molar-refractivity contribution in [3.63, 3.8) is 0 Å². The summed E-state index contributed by atoms with van der Waals surface area (Å²) in [6.07, 6.45) is -0.780. The third kappa shape index (κ3) is 11.9. The van der Waals surface area contributed by atoms with Gasteiger partial charge in [-0.3, -0.25) is 14.4 Å². The highest BCUT2D eigenvalue weighted by Gasteiger charge is 2.41. The topological polar surface area (TPSA) is 97.9 Å². The summed E-state index contributed by atoms with van der Waals surface area (Å²) in [5.74, 6) is -1.79. The van der Waals surface area contributed by atoms with Crippen LogP contribution in [0.5, 0.6) is 0 Å². The minimum atomic E-state index is -4.89. The number of allylic oxidation sites excluding steroid dienone is 2. The van der Waals surface area contributed by atoms with Crippen LogP contribution in [0.3, 0.4) is 0 Å². The Labute approximate surface area is 292 Å². The number of rotatable bonds is 21. The molecule has 13 heteroatoms. The lowest BCUT2D eigenvalue weighted by molar-refractivity contribution is -0.184. The second-order valence-electron chi connectivity index (χ2n) is 12.3. The summed E-state index contributed by atoms with van der Waals surface area (Å²) in [6, 6.07) is 16.6. The van der Waals surface area contributed by atoms with Crippen LogP contribution in [0, 0.1) is 0 Å². The molecule has 1 aliphatic carbocycles. The number of benzene rings is 2. The van der Waals surface area contributed by atoms with E-state index in [2.05, 4.69) is 24.3 Å². The van der Waals surface area contributed by atoms with Gasteiger partial charge in [-0.2, -0.15) is 13.2 Å². The van der Waals surface area contributed by atoms with Crippen LogP contribution < -0.4 is 4.90 Å². The maximum Gasteiger partial charge on any atom is 0.471 e. The number of hydrogen-bond acceptors (Lipinski definition) is 7. The van der Waals surface area contributed by atoms with Gasteiger partial charge in [-0.25, -0.2) is 0 Å². The Bertz CT molecular complexity index is 1470. The molecule has 2 aliphatic rings. The summed E-state index contributed by atoms with van der Waals surface area (Å²) in [4.78, 5) is 41.2. The van der Waals surface area contributed by atoms with Crippen molar-refractivity contribution >= 4 is 34.6 Å². The first-order chi connectivity index (χ1) is 24.1. The fourth-order valence-electron chi connectivity index (χ4n) is 5.74. The number of carbonyl (C=O) groups is 3. The lowest BCUT2D eigenvalue weighted by atomic mass is 10.0. The van der Waals surface area contributed by atoms with E-state index >= 15 is 0 Å². The summed E-state index contributed by atoms with van der Waals surface area (Å²) in [7, 11) is 2.85. The van der Waals surface area contributed by atoms with Gasteiger partial charge in [0.15, 0.2) is 0 Å². The number of amides is 3. The van der Waals surface area contributed by atoms with Crippen molar-refractivity contribution in [1.82, 2.24) is 9.80 Å². The van der Waals surface area contributed by atoms with Gasteiger partial charge in [-0.05, 0) is 47.6 Å². The molecule has 4 rings (SSSR count). The van der Waals surface area contributed by atoms with E-state index in [1.807, 2.05) is 29.2 Å². The number of fused-ring (bicyclic) bond motifs is 4. The number of halogens is 3. The van der Waals surface area contributed by atoms with E-state index < -0.39 is 12.1 Å². The van der Waals surface area contributed by atoms with Gasteiger partial charge in [0, 0.05) is 39.2 Å². The molecule has 0 radical (unpaired) electrons. The smallest absolute Gasteiger partial charge is 0.379 e. The van der Waals surface area contributed by atoms with E-state index in [4.69, 9.17) is 18.9 Å². The highest BCUT2D eigenvalue weighted by molar-refractivity contribution is 6.12. The second-order valence-corrected chi connectivity index (χ2v) is 12.3. The summed E-state index contributed by atoms with van der Waals surface area (Å²) in [6.45, 7) is 3.03. The van der Waals surface area contributed by atoms with Crippen molar-refractivity contribution in [1.29, 1.82) is 0 Å². The van der Waals surface area contributed by atoms with Crippen molar-refractivity contribution < 1.29 is 46.5 Å². The molecule has 0 saturated heterocycles. The van der Waals surface area contributed by atoms with Crippen molar-refractivity contribution in [3.8, 4) is 0 Å². The second kappa shape index (κ2) is 19.6. The third-order valence-corrected chi connectivity index (χ3v) is 8.63. The molecule has 0 atom stereocenters. The number of likely N-dealkylation sites (N-methyl/N-ethyl adjacent to an activating group) is 1. The van der Waals surface area contributed by atoms with Gasteiger partial charge in [0.25, 0.3) is 0 Å². The molecule has 0 spiro atoms. The molecule has 0 bridgehead atoms. The van der Waals surface area contributed by atoms with Crippen LogP contribution in [0.4, 0.5) is 18.9 Å². The van der Waals surface area contributed by atoms with Crippen LogP contribution in [0.15, 0.2) is 48.5 Å². The number of ether oxygens (including phenoxy) is 4. The van der Waals surface area contributed by atoms with Crippen molar-refractivity contribution in [2.75, 3.05) is 84.9 Å². The van der Waals surface area contributed by atoms with Crippen molar-refractivity contribution in [3.05, 3.63) is 65.2 Å². The summed E-state index contributed by atoms with van der Waals surface area (Å²) >= 11 is 0. The average Bonchev–Trinajstić information content (AvgIpc) is 3.89. The number of hydrogen-bond donors (Lipinski definition) is 0. The molecular weight excluding hydrogens is 655 g/mol. The van der Waals surface area contributed by atoms with Crippen LogP contribution in [0.25, 0.3) is 11.1 Å². The summed E-state index contributed by atoms with van der Waals surface area (Å²) < 4.78 is 58.4. The van der Waals surface area contributed by atoms with Gasteiger partial charge in [0.05, 0.1) is 71.5 Å². The van der Waals surface area contributed by atoms with E-state index in [-0.39, 0.29) is 51.2 Å². The van der Waals surface area contributed by atoms with Gasteiger partial charge < -0.3 is 33.6 Å². The van der Waals surface area contributed by atoms with Crippen LogP contribution in [-0.4, -0.2) is 114 Å². The number of nitrogens with zero attached hydrogens (tertiary/aromatic N) is 3. The Balaban J connectivity index is 0.986. The number of unbranched alkanes of at least 4 members (excludes halogenated alkanes) is 2. The molecule has 274 valence electrons. The zero-order chi connectivity index (χ0) is 35.9. The number of alkyl halides is 3. The molecular formula is C37H48F3N3O7. The van der Waals surface area contributed by atoms with Gasteiger partial charge in [-0.1, -0.05) is 48.9 Å². The maximum atomic E-state index is 13.5. The Morgan fingerprint density at radius 1 is 0.680 bits per heavy atom. The van der Waals surface area contributed by atoms with Gasteiger partial charge in [0.1, 0.15) is 0 Å². The highest BCUT2D eigenvalue weighted by Crippen LogP contribution is 2.52. The van der Waals surface area contributed by atoms with E-state index in [1.54, 1.807) is 11.9 Å². The zero-order valence-electron chi connectivity index (χ0n) is 29.0. The third-order valence-electron chi connectivity index (χ3n) is 8.63. The molecule has 0 aromatic heterocycles. The molecule has 0 N–H and O–H groups in total. The van der Waals surface area contributed by atoms with Crippen LogP contribution in [-0.2, 0) is 39.9 Å². The van der Waals surface area contributed by atoms with E-state index in [0.29, 0.717) is 50.8 Å². The molecule has 0 saturated carbocycles. The van der Waals surface area contributed by atoms with Crippen LogP contribution in [0.2, 0.25) is 0 Å². The van der Waals surface area contributed by atoms with E-state index in [9.17, 15) is 27.6 Å². The largest absolute Gasteiger partial charge is 0.471 e. The van der Waals surface area contributed by atoms with Gasteiger partial charge in [0.2, 0.25) is 11.8 Å². The first kappa shape index (κ1) is 39.0. The standard InChI is InChI=1S/C37H48F3N3O7/c1-41(34(44)15-18-47-20-22-49-24-25-50-23-21-48-19-17-42(2)36(46)37(38,39)40)16-9-3-4-14-35(45)43-27-28-10-5-6-11-29(28)31-26-32(31)30-12-7-8-13-33(30)43/h5-8,10-13H,3-4,9,14-27H2,1-2H3. The lowest BCUT2D eigenvalue weighted by Crippen LogP contribution is -2.40. The van der Waals surface area contributed by atoms with Crippen molar-refractivity contribution in [2.24, 2.45) is 0 Å². The minimum Gasteiger partial charge on any atom is -0.379 e. The average molecular weight is 704 g/mol. The van der Waals surface area contributed by atoms with Crippen LogP contribution >= 0.6 is 0 Å². The summed E-state index contributed by atoms with van der Waals surface area (Å²) in [5, 5.41) is 0. The zero-order valence-corrected chi connectivity index (χ0v) is 29.0. The predicted molar refractivity (Wildman–Crippen MR) is 183 cm³/mol. The monoisotopic (exact) mass is 703 g/mol. The number of anilines is 1. The van der Waals surface area contributed by atoms with E-state index in [0.717, 1.165) is 44.0 Å². The Morgan fingerprint density at radius 3 is 1.94 bits per heavy atom. The molecule has 2 aromatic rings. The number of para-hydroxylation sites is 1. The van der Waals surface area contributed by atoms with E-state index in [1.165, 1.54) is 22.3 Å². The summed E-state index contributed by atoms with van der Waals surface area (Å²) in [5.41, 5.74) is 7.29. The molecule has 0 unspecified atom stereocenters. The Kier molecular flexibility index (Phi) is 15.3. The number of carbonyl (C=O) groups excluding carboxylic acids is 3. The fourth-order valence-corrected chi connectivity index (χ4v) is 5.74. The maximum absolute atomic E-state index is 13.5. The molecule has 10 nitrogen and oxygen atoms in total. The van der Waals surface area contributed by atoms with Gasteiger partial charge in [-0.15, -0.1) is 0 Å². The van der Waals surface area contributed by atoms with Crippen LogP contribution in [0.1, 0.15) is 55.2 Å².